The van der Waals surface area contributed by atoms with Crippen molar-refractivity contribution in [1.29, 1.82) is 0 Å². The molecular formula is C13H25ClN2O. The monoisotopic (exact) mass is 260 g/mol. The van der Waals surface area contributed by atoms with Crippen molar-refractivity contribution in [3.05, 3.63) is 0 Å². The molecule has 1 amide bonds. The van der Waals surface area contributed by atoms with Gasteiger partial charge in [0.2, 0.25) is 5.91 Å². The third-order valence-electron chi connectivity index (χ3n) is 3.95. The molecule has 2 rings (SSSR count). The summed E-state index contributed by atoms with van der Waals surface area (Å²) in [6.45, 7) is 3.06. The minimum atomic E-state index is 0. The van der Waals surface area contributed by atoms with E-state index in [0.717, 1.165) is 26.1 Å². The van der Waals surface area contributed by atoms with Gasteiger partial charge in [-0.3, -0.25) is 4.79 Å². The maximum absolute atomic E-state index is 11.7. The summed E-state index contributed by atoms with van der Waals surface area (Å²) in [5.41, 5.74) is 0. The average molecular weight is 261 g/mol. The number of hydrogen-bond acceptors (Lipinski definition) is 2. The Balaban J connectivity index is 0.00000144. The van der Waals surface area contributed by atoms with Crippen LogP contribution in [0.5, 0.6) is 0 Å². The molecule has 1 heterocycles. The molecule has 0 bridgehead atoms. The number of rotatable bonds is 4. The van der Waals surface area contributed by atoms with Gasteiger partial charge in [-0.05, 0) is 44.2 Å². The number of carbonyl (C=O) groups excluding carboxylic acids is 1. The molecule has 1 aliphatic heterocycles. The van der Waals surface area contributed by atoms with E-state index in [0.29, 0.717) is 11.8 Å². The Morgan fingerprint density at radius 3 is 2.53 bits per heavy atom. The topological polar surface area (TPSA) is 41.1 Å². The number of carbonyl (C=O) groups is 1. The Hall–Kier alpha value is -0.280. The van der Waals surface area contributed by atoms with Crippen LogP contribution in [0.2, 0.25) is 0 Å². The smallest absolute Gasteiger partial charge is 0.220 e. The second kappa shape index (κ2) is 7.93. The van der Waals surface area contributed by atoms with Gasteiger partial charge in [0.25, 0.3) is 0 Å². The highest BCUT2D eigenvalue weighted by atomic mass is 35.5. The van der Waals surface area contributed by atoms with Crippen LogP contribution in [0.1, 0.15) is 44.9 Å². The van der Waals surface area contributed by atoms with E-state index in [4.69, 9.17) is 0 Å². The molecule has 0 aromatic heterocycles. The zero-order valence-corrected chi connectivity index (χ0v) is 11.4. The lowest BCUT2D eigenvalue weighted by Crippen LogP contribution is -2.31. The van der Waals surface area contributed by atoms with Crippen LogP contribution in [-0.2, 0) is 4.79 Å². The van der Waals surface area contributed by atoms with Gasteiger partial charge in [-0.15, -0.1) is 12.4 Å². The molecule has 1 atom stereocenters. The maximum atomic E-state index is 11.7. The predicted molar refractivity (Wildman–Crippen MR) is 72.4 cm³/mol. The van der Waals surface area contributed by atoms with Crippen molar-refractivity contribution in [2.45, 2.75) is 44.9 Å². The summed E-state index contributed by atoms with van der Waals surface area (Å²) in [5, 5.41) is 6.42. The lowest BCUT2D eigenvalue weighted by Gasteiger charge is -2.21. The second-order valence-electron chi connectivity index (χ2n) is 5.37. The fourth-order valence-electron chi connectivity index (χ4n) is 2.87. The van der Waals surface area contributed by atoms with Crippen LogP contribution in [0.15, 0.2) is 0 Å². The summed E-state index contributed by atoms with van der Waals surface area (Å²) in [5.74, 6) is 1.60. The first-order valence-electron chi connectivity index (χ1n) is 6.82. The molecule has 100 valence electrons. The minimum absolute atomic E-state index is 0. The highest BCUT2D eigenvalue weighted by Crippen LogP contribution is 2.26. The fraction of sp³-hybridized carbons (Fsp3) is 0.923. The fourth-order valence-corrected chi connectivity index (χ4v) is 2.87. The van der Waals surface area contributed by atoms with Gasteiger partial charge in [-0.1, -0.05) is 19.3 Å². The first-order valence-corrected chi connectivity index (χ1v) is 6.82. The van der Waals surface area contributed by atoms with E-state index >= 15 is 0 Å². The van der Waals surface area contributed by atoms with Gasteiger partial charge in [-0.25, -0.2) is 0 Å². The molecule has 0 radical (unpaired) electrons. The molecule has 3 nitrogen and oxygen atoms in total. The van der Waals surface area contributed by atoms with Crippen LogP contribution in [-0.4, -0.2) is 25.5 Å². The van der Waals surface area contributed by atoms with Gasteiger partial charge in [0.1, 0.15) is 0 Å². The zero-order chi connectivity index (χ0) is 11.2. The number of nitrogens with one attached hydrogen (secondary N) is 2. The van der Waals surface area contributed by atoms with Crippen LogP contribution in [0, 0.1) is 11.8 Å². The number of amides is 1. The van der Waals surface area contributed by atoms with Crippen LogP contribution >= 0.6 is 12.4 Å². The molecule has 0 spiro atoms. The van der Waals surface area contributed by atoms with Crippen LogP contribution in [0.4, 0.5) is 0 Å². The third kappa shape index (κ3) is 5.26. The van der Waals surface area contributed by atoms with Gasteiger partial charge in [-0.2, -0.15) is 0 Å². The van der Waals surface area contributed by atoms with Crippen molar-refractivity contribution in [1.82, 2.24) is 10.6 Å². The van der Waals surface area contributed by atoms with E-state index in [1.807, 2.05) is 0 Å². The van der Waals surface area contributed by atoms with E-state index in [-0.39, 0.29) is 18.3 Å². The van der Waals surface area contributed by atoms with Crippen LogP contribution < -0.4 is 10.6 Å². The molecule has 1 saturated heterocycles. The van der Waals surface area contributed by atoms with Crippen molar-refractivity contribution in [2.24, 2.45) is 11.8 Å². The van der Waals surface area contributed by atoms with Crippen LogP contribution in [0.25, 0.3) is 0 Å². The summed E-state index contributed by atoms with van der Waals surface area (Å²) >= 11 is 0. The Morgan fingerprint density at radius 2 is 1.88 bits per heavy atom. The average Bonchev–Trinajstić information content (AvgIpc) is 2.81. The van der Waals surface area contributed by atoms with Crippen molar-refractivity contribution in [3.63, 3.8) is 0 Å². The normalized spacial score (nSPS) is 25.3. The molecule has 2 N–H and O–H groups in total. The molecule has 1 aliphatic carbocycles. The number of hydrogen-bond donors (Lipinski definition) is 2. The summed E-state index contributed by atoms with van der Waals surface area (Å²) in [4.78, 5) is 11.7. The first kappa shape index (κ1) is 14.8. The van der Waals surface area contributed by atoms with Crippen molar-refractivity contribution in [2.75, 3.05) is 19.6 Å². The standard InChI is InChI=1S/C13H24N2O.ClH/c16-13(8-11-4-2-1-3-5-11)15-10-12-6-7-14-9-12;/h11-12,14H,1-10H2,(H,15,16);1H. The Kier molecular flexibility index (Phi) is 6.90. The van der Waals surface area contributed by atoms with E-state index < -0.39 is 0 Å². The van der Waals surface area contributed by atoms with E-state index in [1.165, 1.54) is 38.5 Å². The van der Waals surface area contributed by atoms with Crippen molar-refractivity contribution >= 4 is 18.3 Å². The molecule has 1 unspecified atom stereocenters. The highest BCUT2D eigenvalue weighted by Gasteiger charge is 2.19. The molecule has 4 heteroatoms. The Labute approximate surface area is 111 Å². The largest absolute Gasteiger partial charge is 0.356 e. The lowest BCUT2D eigenvalue weighted by atomic mass is 9.87. The first-order chi connectivity index (χ1) is 7.84. The zero-order valence-electron chi connectivity index (χ0n) is 10.5. The molecule has 0 aromatic carbocycles. The minimum Gasteiger partial charge on any atom is -0.356 e. The summed E-state index contributed by atoms with van der Waals surface area (Å²) in [6.07, 6.45) is 8.52. The summed E-state index contributed by atoms with van der Waals surface area (Å²) in [6, 6.07) is 0. The molecule has 2 aliphatic rings. The second-order valence-corrected chi connectivity index (χ2v) is 5.37. The summed E-state index contributed by atoms with van der Waals surface area (Å²) in [7, 11) is 0. The summed E-state index contributed by atoms with van der Waals surface area (Å²) < 4.78 is 0. The molecule has 2 fully saturated rings. The van der Waals surface area contributed by atoms with Gasteiger partial charge < -0.3 is 10.6 Å². The Bertz CT molecular complexity index is 223. The lowest BCUT2D eigenvalue weighted by molar-refractivity contribution is -0.122. The molecule has 17 heavy (non-hydrogen) atoms. The van der Waals surface area contributed by atoms with Crippen molar-refractivity contribution in [3.8, 4) is 0 Å². The van der Waals surface area contributed by atoms with E-state index in [2.05, 4.69) is 10.6 Å². The van der Waals surface area contributed by atoms with Gasteiger partial charge in [0.05, 0.1) is 0 Å². The Morgan fingerprint density at radius 1 is 1.12 bits per heavy atom. The van der Waals surface area contributed by atoms with Gasteiger partial charge >= 0.3 is 0 Å². The maximum Gasteiger partial charge on any atom is 0.220 e. The quantitative estimate of drug-likeness (QED) is 0.813. The van der Waals surface area contributed by atoms with E-state index in [9.17, 15) is 4.79 Å². The third-order valence-corrected chi connectivity index (χ3v) is 3.95. The van der Waals surface area contributed by atoms with Crippen molar-refractivity contribution < 1.29 is 4.79 Å². The van der Waals surface area contributed by atoms with Gasteiger partial charge in [0, 0.05) is 13.0 Å². The van der Waals surface area contributed by atoms with Crippen LogP contribution in [0.3, 0.4) is 0 Å². The molecule has 1 saturated carbocycles. The van der Waals surface area contributed by atoms with E-state index in [1.54, 1.807) is 0 Å². The predicted octanol–water partition coefficient (Wildman–Crippen LogP) is 2.10. The molecule has 0 aromatic rings. The number of halogens is 1. The SMILES string of the molecule is Cl.O=C(CC1CCCCC1)NCC1CCNC1. The highest BCUT2D eigenvalue weighted by molar-refractivity contribution is 5.85. The van der Waals surface area contributed by atoms with Gasteiger partial charge in [0.15, 0.2) is 0 Å². The molecular weight excluding hydrogens is 236 g/mol.